The first-order valence-electron chi connectivity index (χ1n) is 7.54. The summed E-state index contributed by atoms with van der Waals surface area (Å²) in [6.45, 7) is 1.18. The van der Waals surface area contributed by atoms with Gasteiger partial charge in [0, 0.05) is 61.9 Å². The van der Waals surface area contributed by atoms with Gasteiger partial charge in [-0.25, -0.2) is 9.97 Å². The lowest BCUT2D eigenvalue weighted by molar-refractivity contribution is -0.122. The van der Waals surface area contributed by atoms with Gasteiger partial charge in [-0.05, 0) is 6.42 Å². The fraction of sp³-hybridized carbons (Fsp3) is 0.467. The van der Waals surface area contributed by atoms with Gasteiger partial charge in [0.2, 0.25) is 11.8 Å². The van der Waals surface area contributed by atoms with Crippen molar-refractivity contribution >= 4 is 34.5 Å². The lowest BCUT2D eigenvalue weighted by atomic mass is 10.2. The van der Waals surface area contributed by atoms with Crippen LogP contribution in [0.2, 0.25) is 0 Å². The molecule has 2 aromatic heterocycles. The first-order valence-corrected chi connectivity index (χ1v) is 9.30. The molecule has 0 aliphatic rings. The Kier molecular flexibility index (Phi) is 7.68. The van der Waals surface area contributed by atoms with Crippen LogP contribution >= 0.6 is 22.7 Å². The van der Waals surface area contributed by atoms with Crippen LogP contribution in [0.15, 0.2) is 23.2 Å². The summed E-state index contributed by atoms with van der Waals surface area (Å²) in [5.74, 6) is -0.0331. The minimum absolute atomic E-state index is 0.0165. The monoisotopic (exact) mass is 352 g/mol. The van der Waals surface area contributed by atoms with Crippen LogP contribution in [0.1, 0.15) is 29.3 Å². The second kappa shape index (κ2) is 10.1. The first-order chi connectivity index (χ1) is 11.2. The average Bonchev–Trinajstić information content (AvgIpc) is 3.20. The fourth-order valence-corrected chi connectivity index (χ4v) is 3.20. The Morgan fingerprint density at radius 1 is 0.870 bits per heavy atom. The maximum absolute atomic E-state index is 11.7. The second-order valence-electron chi connectivity index (χ2n) is 4.91. The molecular weight excluding hydrogens is 332 g/mol. The Balaban J connectivity index is 1.46. The first kappa shape index (κ1) is 17.6. The van der Waals surface area contributed by atoms with Gasteiger partial charge < -0.3 is 10.6 Å². The minimum Gasteiger partial charge on any atom is -0.356 e. The Bertz CT molecular complexity index is 532. The van der Waals surface area contributed by atoms with Crippen LogP contribution in [0.25, 0.3) is 0 Å². The maximum Gasteiger partial charge on any atom is 0.220 e. The number of amides is 2. The van der Waals surface area contributed by atoms with Gasteiger partial charge in [-0.15, -0.1) is 22.7 Å². The largest absolute Gasteiger partial charge is 0.356 e. The highest BCUT2D eigenvalue weighted by molar-refractivity contribution is 7.09. The van der Waals surface area contributed by atoms with E-state index in [1.54, 1.807) is 35.1 Å². The van der Waals surface area contributed by atoms with E-state index in [2.05, 4.69) is 20.6 Å². The van der Waals surface area contributed by atoms with Crippen molar-refractivity contribution in [3.8, 4) is 0 Å². The van der Waals surface area contributed by atoms with Gasteiger partial charge in [-0.1, -0.05) is 0 Å². The van der Waals surface area contributed by atoms with Crippen LogP contribution in [-0.4, -0.2) is 34.9 Å². The van der Waals surface area contributed by atoms with Gasteiger partial charge in [0.05, 0.1) is 10.0 Å². The molecule has 0 saturated carbocycles. The molecule has 2 amide bonds. The summed E-state index contributed by atoms with van der Waals surface area (Å²) < 4.78 is 0. The molecule has 0 fully saturated rings. The molecule has 0 radical (unpaired) electrons. The number of nitrogens with zero attached hydrogens (tertiary/aromatic N) is 2. The Morgan fingerprint density at radius 2 is 1.35 bits per heavy atom. The van der Waals surface area contributed by atoms with Crippen LogP contribution in [0.5, 0.6) is 0 Å². The molecule has 2 N–H and O–H groups in total. The van der Waals surface area contributed by atoms with E-state index in [1.165, 1.54) is 0 Å². The van der Waals surface area contributed by atoms with E-state index in [0.29, 0.717) is 32.4 Å². The third kappa shape index (κ3) is 7.34. The summed E-state index contributed by atoms with van der Waals surface area (Å²) in [7, 11) is 0. The van der Waals surface area contributed by atoms with E-state index in [4.69, 9.17) is 0 Å². The molecule has 2 heterocycles. The highest BCUT2D eigenvalue weighted by Crippen LogP contribution is 2.04. The van der Waals surface area contributed by atoms with E-state index in [0.717, 1.165) is 22.9 Å². The zero-order chi connectivity index (χ0) is 16.3. The van der Waals surface area contributed by atoms with E-state index in [-0.39, 0.29) is 11.8 Å². The van der Waals surface area contributed by atoms with E-state index < -0.39 is 0 Å². The fourth-order valence-electron chi connectivity index (χ4n) is 1.96. The van der Waals surface area contributed by atoms with Crippen LogP contribution in [0.4, 0.5) is 0 Å². The summed E-state index contributed by atoms with van der Waals surface area (Å²) in [6.07, 6.45) is 6.33. The van der Waals surface area contributed by atoms with Gasteiger partial charge >= 0.3 is 0 Å². The Labute approximate surface area is 143 Å². The van der Waals surface area contributed by atoms with Crippen LogP contribution < -0.4 is 10.6 Å². The summed E-state index contributed by atoms with van der Waals surface area (Å²) in [6, 6.07) is 0. The standard InChI is InChI=1S/C15H20N4O2S2/c20-12(16-6-4-14-18-8-10-22-14)2-1-3-13(21)17-7-5-15-19-9-11-23-15/h8-11H,1-7H2,(H,16,20)(H,17,21). The van der Waals surface area contributed by atoms with Gasteiger partial charge in [-0.3, -0.25) is 9.59 Å². The summed E-state index contributed by atoms with van der Waals surface area (Å²) in [4.78, 5) is 31.6. The molecule has 0 spiro atoms. The summed E-state index contributed by atoms with van der Waals surface area (Å²) in [5.41, 5.74) is 0. The average molecular weight is 352 g/mol. The number of hydrogen-bond acceptors (Lipinski definition) is 6. The molecule has 0 atom stereocenters. The van der Waals surface area contributed by atoms with Crippen LogP contribution in [-0.2, 0) is 22.4 Å². The molecular formula is C15H20N4O2S2. The molecule has 0 saturated heterocycles. The number of carbonyl (C=O) groups is 2. The molecule has 124 valence electrons. The third-order valence-electron chi connectivity index (χ3n) is 3.10. The van der Waals surface area contributed by atoms with Gasteiger partial charge in [0.1, 0.15) is 0 Å². The van der Waals surface area contributed by atoms with Gasteiger partial charge in [0.15, 0.2) is 0 Å². The predicted octanol–water partition coefficient (Wildman–Crippen LogP) is 1.79. The highest BCUT2D eigenvalue weighted by atomic mass is 32.1. The maximum atomic E-state index is 11.7. The summed E-state index contributed by atoms with van der Waals surface area (Å²) >= 11 is 3.17. The van der Waals surface area contributed by atoms with E-state index >= 15 is 0 Å². The Hall–Kier alpha value is -1.80. The molecule has 0 bridgehead atoms. The Morgan fingerprint density at radius 3 is 1.74 bits per heavy atom. The molecule has 6 nitrogen and oxygen atoms in total. The van der Waals surface area contributed by atoms with Crippen molar-refractivity contribution in [2.75, 3.05) is 13.1 Å². The predicted molar refractivity (Wildman–Crippen MR) is 91.5 cm³/mol. The molecule has 0 aliphatic carbocycles. The zero-order valence-corrected chi connectivity index (χ0v) is 14.4. The van der Waals surface area contributed by atoms with Crippen molar-refractivity contribution < 1.29 is 9.59 Å². The van der Waals surface area contributed by atoms with Gasteiger partial charge in [0.25, 0.3) is 0 Å². The molecule has 23 heavy (non-hydrogen) atoms. The quantitative estimate of drug-likeness (QED) is 0.683. The summed E-state index contributed by atoms with van der Waals surface area (Å²) in [5, 5.41) is 11.6. The van der Waals surface area contributed by atoms with Crippen molar-refractivity contribution in [2.45, 2.75) is 32.1 Å². The topological polar surface area (TPSA) is 84.0 Å². The molecule has 8 heteroatoms. The van der Waals surface area contributed by atoms with Crippen molar-refractivity contribution in [3.63, 3.8) is 0 Å². The molecule has 2 aromatic rings. The zero-order valence-electron chi connectivity index (χ0n) is 12.8. The van der Waals surface area contributed by atoms with Crippen molar-refractivity contribution in [3.05, 3.63) is 33.2 Å². The van der Waals surface area contributed by atoms with E-state index in [9.17, 15) is 9.59 Å². The second-order valence-corrected chi connectivity index (χ2v) is 6.86. The molecule has 0 aromatic carbocycles. The number of aromatic nitrogens is 2. The molecule has 0 unspecified atom stereocenters. The normalized spacial score (nSPS) is 10.4. The lowest BCUT2D eigenvalue weighted by Gasteiger charge is -2.05. The molecule has 0 aliphatic heterocycles. The SMILES string of the molecule is O=C(CCCC(=O)NCCc1nccs1)NCCc1nccs1. The van der Waals surface area contributed by atoms with Gasteiger partial charge in [-0.2, -0.15) is 0 Å². The number of nitrogens with one attached hydrogen (secondary N) is 2. The van der Waals surface area contributed by atoms with Crippen LogP contribution in [0, 0.1) is 0 Å². The number of hydrogen-bond donors (Lipinski definition) is 2. The van der Waals surface area contributed by atoms with Crippen molar-refractivity contribution in [2.24, 2.45) is 0 Å². The van der Waals surface area contributed by atoms with E-state index in [1.807, 2.05) is 10.8 Å². The molecule has 2 rings (SSSR count). The highest BCUT2D eigenvalue weighted by Gasteiger charge is 2.05. The lowest BCUT2D eigenvalue weighted by Crippen LogP contribution is -2.27. The van der Waals surface area contributed by atoms with Crippen molar-refractivity contribution in [1.29, 1.82) is 0 Å². The number of carbonyl (C=O) groups excluding carboxylic acids is 2. The minimum atomic E-state index is -0.0165. The number of rotatable bonds is 10. The number of thiazole rings is 2. The van der Waals surface area contributed by atoms with Crippen molar-refractivity contribution in [1.82, 2.24) is 20.6 Å². The smallest absolute Gasteiger partial charge is 0.220 e. The third-order valence-corrected chi connectivity index (χ3v) is 4.78. The van der Waals surface area contributed by atoms with Crippen LogP contribution in [0.3, 0.4) is 0 Å².